The van der Waals surface area contributed by atoms with E-state index in [1.54, 1.807) is 0 Å². The Balaban J connectivity index is 3.15. The van der Waals surface area contributed by atoms with E-state index < -0.39 is 0 Å². The van der Waals surface area contributed by atoms with Crippen molar-refractivity contribution in [3.63, 3.8) is 0 Å². The maximum atomic E-state index is 11.5. The molecule has 0 bridgehead atoms. The van der Waals surface area contributed by atoms with Gasteiger partial charge in [-0.3, -0.25) is 4.79 Å². The lowest BCUT2D eigenvalue weighted by molar-refractivity contribution is 0.0987. The molecule has 0 aromatic heterocycles. The van der Waals surface area contributed by atoms with Crippen molar-refractivity contribution >= 4 is 28.4 Å². The minimum Gasteiger partial charge on any atom is -0.294 e. The number of hydrogen-bond donors (Lipinski definition) is 0. The van der Waals surface area contributed by atoms with Crippen LogP contribution in [-0.2, 0) is 6.42 Å². The summed E-state index contributed by atoms with van der Waals surface area (Å²) >= 11 is 2.24. The first-order valence-electron chi connectivity index (χ1n) is 4.50. The number of carbonyl (C=O) groups excluding carboxylic acids is 1. The van der Waals surface area contributed by atoms with E-state index in [-0.39, 0.29) is 5.78 Å². The molecule has 0 N–H and O–H groups in total. The quantitative estimate of drug-likeness (QED) is 0.615. The standard InChI is InChI=1S/C11H13IO/c1-3-8-5-6-9(12)7-10(8)11(13)4-2/h5-7H,3-4H2,1-2H3. The second-order valence-electron chi connectivity index (χ2n) is 2.93. The number of hydrogen-bond acceptors (Lipinski definition) is 1. The number of Topliss-reactive ketones (excluding diaryl/α,β-unsaturated/α-hetero) is 1. The minimum absolute atomic E-state index is 0.246. The molecule has 0 fully saturated rings. The van der Waals surface area contributed by atoms with Crippen LogP contribution >= 0.6 is 22.6 Å². The third kappa shape index (κ3) is 2.53. The van der Waals surface area contributed by atoms with Gasteiger partial charge in [0.05, 0.1) is 0 Å². The van der Waals surface area contributed by atoms with E-state index in [2.05, 4.69) is 29.5 Å². The third-order valence-electron chi connectivity index (χ3n) is 2.07. The molecule has 1 nitrogen and oxygen atoms in total. The Labute approximate surface area is 92.7 Å². The molecule has 0 aliphatic rings. The fourth-order valence-electron chi connectivity index (χ4n) is 1.31. The molecule has 0 spiro atoms. The van der Waals surface area contributed by atoms with Crippen molar-refractivity contribution in [1.29, 1.82) is 0 Å². The topological polar surface area (TPSA) is 17.1 Å². The molecule has 0 radical (unpaired) electrons. The highest BCUT2D eigenvalue weighted by molar-refractivity contribution is 14.1. The molecule has 1 aromatic carbocycles. The van der Waals surface area contributed by atoms with Gasteiger partial charge in [-0.2, -0.15) is 0 Å². The van der Waals surface area contributed by atoms with Gasteiger partial charge in [-0.1, -0.05) is 19.9 Å². The maximum absolute atomic E-state index is 11.5. The molecule has 1 rings (SSSR count). The number of aryl methyl sites for hydroxylation is 1. The largest absolute Gasteiger partial charge is 0.294 e. The van der Waals surface area contributed by atoms with Crippen molar-refractivity contribution in [1.82, 2.24) is 0 Å². The van der Waals surface area contributed by atoms with Crippen LogP contribution in [0.2, 0.25) is 0 Å². The lowest BCUT2D eigenvalue weighted by Gasteiger charge is -2.05. The Morgan fingerprint density at radius 2 is 2.08 bits per heavy atom. The summed E-state index contributed by atoms with van der Waals surface area (Å²) in [7, 11) is 0. The van der Waals surface area contributed by atoms with Crippen molar-refractivity contribution < 1.29 is 4.79 Å². The van der Waals surface area contributed by atoms with Gasteiger partial charge < -0.3 is 0 Å². The Kier molecular flexibility index (Phi) is 3.90. The van der Waals surface area contributed by atoms with E-state index in [4.69, 9.17) is 0 Å². The number of halogens is 1. The first kappa shape index (κ1) is 10.7. The van der Waals surface area contributed by atoms with Crippen LogP contribution in [0.15, 0.2) is 18.2 Å². The van der Waals surface area contributed by atoms with Gasteiger partial charge in [0.2, 0.25) is 0 Å². The van der Waals surface area contributed by atoms with Crippen molar-refractivity contribution in [3.05, 3.63) is 32.9 Å². The van der Waals surface area contributed by atoms with Crippen LogP contribution < -0.4 is 0 Å². The Bertz CT molecular complexity index is 318. The first-order chi connectivity index (χ1) is 6.19. The van der Waals surface area contributed by atoms with E-state index in [0.717, 1.165) is 21.1 Å². The van der Waals surface area contributed by atoms with Gasteiger partial charge in [0.1, 0.15) is 0 Å². The zero-order valence-corrected chi connectivity index (χ0v) is 10.1. The Morgan fingerprint density at radius 1 is 1.38 bits per heavy atom. The van der Waals surface area contributed by atoms with Gasteiger partial charge in [-0.15, -0.1) is 0 Å². The number of ketones is 1. The molecule has 0 atom stereocenters. The molecular formula is C11H13IO. The average molecular weight is 288 g/mol. The lowest BCUT2D eigenvalue weighted by atomic mass is 10.0. The van der Waals surface area contributed by atoms with Gasteiger partial charge in [0.15, 0.2) is 5.78 Å². The first-order valence-corrected chi connectivity index (χ1v) is 5.58. The molecule has 0 aliphatic carbocycles. The molecular weight excluding hydrogens is 275 g/mol. The van der Waals surface area contributed by atoms with Crippen LogP contribution in [0.5, 0.6) is 0 Å². The van der Waals surface area contributed by atoms with Crippen LogP contribution in [0.4, 0.5) is 0 Å². The summed E-state index contributed by atoms with van der Waals surface area (Å²) in [6, 6.07) is 6.07. The van der Waals surface area contributed by atoms with Crippen molar-refractivity contribution in [2.45, 2.75) is 26.7 Å². The van der Waals surface area contributed by atoms with Gasteiger partial charge in [-0.05, 0) is 46.7 Å². The molecule has 0 saturated heterocycles. The second kappa shape index (κ2) is 4.74. The van der Waals surface area contributed by atoms with E-state index >= 15 is 0 Å². The van der Waals surface area contributed by atoms with E-state index in [1.165, 1.54) is 0 Å². The highest BCUT2D eigenvalue weighted by Gasteiger charge is 2.08. The van der Waals surface area contributed by atoms with Crippen LogP contribution in [0.1, 0.15) is 36.2 Å². The molecule has 0 amide bonds. The fraction of sp³-hybridized carbons (Fsp3) is 0.364. The molecule has 0 unspecified atom stereocenters. The van der Waals surface area contributed by atoms with Crippen LogP contribution in [0, 0.1) is 3.57 Å². The molecule has 0 heterocycles. The minimum atomic E-state index is 0.246. The average Bonchev–Trinajstić information content (AvgIpc) is 2.16. The Hall–Kier alpha value is -0.380. The van der Waals surface area contributed by atoms with Gasteiger partial charge in [0, 0.05) is 15.6 Å². The van der Waals surface area contributed by atoms with Gasteiger partial charge in [-0.25, -0.2) is 0 Å². The van der Waals surface area contributed by atoms with Crippen molar-refractivity contribution in [3.8, 4) is 0 Å². The number of rotatable bonds is 3. The summed E-state index contributed by atoms with van der Waals surface area (Å²) in [5, 5.41) is 0. The number of benzene rings is 1. The Morgan fingerprint density at radius 3 is 2.62 bits per heavy atom. The normalized spacial score (nSPS) is 10.1. The van der Waals surface area contributed by atoms with Crippen LogP contribution in [0.25, 0.3) is 0 Å². The molecule has 13 heavy (non-hydrogen) atoms. The highest BCUT2D eigenvalue weighted by Crippen LogP contribution is 2.16. The lowest BCUT2D eigenvalue weighted by Crippen LogP contribution is -2.02. The number of carbonyl (C=O) groups is 1. The van der Waals surface area contributed by atoms with E-state index in [0.29, 0.717) is 6.42 Å². The highest BCUT2D eigenvalue weighted by atomic mass is 127. The van der Waals surface area contributed by atoms with E-state index in [1.807, 2.05) is 25.1 Å². The summed E-state index contributed by atoms with van der Waals surface area (Å²) in [4.78, 5) is 11.5. The predicted molar refractivity (Wildman–Crippen MR) is 63.2 cm³/mol. The van der Waals surface area contributed by atoms with Crippen LogP contribution in [-0.4, -0.2) is 5.78 Å². The zero-order chi connectivity index (χ0) is 9.84. The summed E-state index contributed by atoms with van der Waals surface area (Å²) in [5.74, 6) is 0.246. The van der Waals surface area contributed by atoms with Crippen molar-refractivity contribution in [2.24, 2.45) is 0 Å². The molecule has 0 aliphatic heterocycles. The van der Waals surface area contributed by atoms with Crippen LogP contribution in [0.3, 0.4) is 0 Å². The summed E-state index contributed by atoms with van der Waals surface area (Å²) in [6.45, 7) is 3.98. The van der Waals surface area contributed by atoms with E-state index in [9.17, 15) is 4.79 Å². The fourth-order valence-corrected chi connectivity index (χ4v) is 1.80. The molecule has 1 aromatic rings. The molecule has 70 valence electrons. The van der Waals surface area contributed by atoms with Gasteiger partial charge in [0.25, 0.3) is 0 Å². The second-order valence-corrected chi connectivity index (χ2v) is 4.18. The smallest absolute Gasteiger partial charge is 0.162 e. The van der Waals surface area contributed by atoms with Gasteiger partial charge >= 0.3 is 0 Å². The summed E-state index contributed by atoms with van der Waals surface area (Å²) < 4.78 is 1.13. The molecule has 2 heteroatoms. The summed E-state index contributed by atoms with van der Waals surface area (Å²) in [6.07, 6.45) is 1.52. The monoisotopic (exact) mass is 288 g/mol. The SMILES string of the molecule is CCC(=O)c1cc(I)ccc1CC. The maximum Gasteiger partial charge on any atom is 0.162 e. The molecule has 0 saturated carbocycles. The van der Waals surface area contributed by atoms with Crippen molar-refractivity contribution in [2.75, 3.05) is 0 Å². The zero-order valence-electron chi connectivity index (χ0n) is 7.93. The third-order valence-corrected chi connectivity index (χ3v) is 2.75. The predicted octanol–water partition coefficient (Wildman–Crippen LogP) is 3.45. The summed E-state index contributed by atoms with van der Waals surface area (Å²) in [5.41, 5.74) is 2.06.